The van der Waals surface area contributed by atoms with Gasteiger partial charge in [-0.25, -0.2) is 4.39 Å². The van der Waals surface area contributed by atoms with E-state index in [4.69, 9.17) is 10.3 Å². The van der Waals surface area contributed by atoms with Crippen LogP contribution in [-0.4, -0.2) is 10.1 Å². The third-order valence-electron chi connectivity index (χ3n) is 2.68. The molecule has 1 aromatic heterocycles. The first-order valence-electron chi connectivity index (χ1n) is 5.78. The minimum absolute atomic E-state index is 0.252. The minimum Gasteiger partial charge on any atom is -0.399 e. The summed E-state index contributed by atoms with van der Waals surface area (Å²) in [5.74, 6) is 0.286. The molecule has 3 aromatic rings. The molecule has 0 fully saturated rings. The minimum atomic E-state index is -0.377. The molecule has 0 amide bonds. The highest BCUT2D eigenvalue weighted by Gasteiger charge is 2.12. The molecule has 4 nitrogen and oxygen atoms in total. The van der Waals surface area contributed by atoms with Crippen molar-refractivity contribution in [2.24, 2.45) is 0 Å². The monoisotopic (exact) mass is 333 g/mol. The quantitative estimate of drug-likeness (QED) is 0.722. The molecule has 0 saturated heterocycles. The Kier molecular flexibility index (Phi) is 3.23. The summed E-state index contributed by atoms with van der Waals surface area (Å²) < 4.78 is 19.1. The van der Waals surface area contributed by atoms with Crippen LogP contribution in [0.15, 0.2) is 51.5 Å². The predicted octanol–water partition coefficient (Wildman–Crippen LogP) is 3.89. The van der Waals surface area contributed by atoms with Gasteiger partial charge in [-0.05, 0) is 30.3 Å². The van der Waals surface area contributed by atoms with Gasteiger partial charge in [0.25, 0.3) is 5.89 Å². The van der Waals surface area contributed by atoms with Crippen LogP contribution >= 0.6 is 15.9 Å². The summed E-state index contributed by atoms with van der Waals surface area (Å²) >= 11 is 3.23. The number of nitrogens with two attached hydrogens (primary N) is 1. The summed E-state index contributed by atoms with van der Waals surface area (Å²) in [6.07, 6.45) is 0. The number of aromatic nitrogens is 2. The van der Waals surface area contributed by atoms with Crippen LogP contribution in [0, 0.1) is 5.82 Å². The molecule has 0 aliphatic carbocycles. The predicted molar refractivity (Wildman–Crippen MR) is 77.2 cm³/mol. The van der Waals surface area contributed by atoms with Crippen LogP contribution in [-0.2, 0) is 0 Å². The molecule has 0 saturated carbocycles. The number of hydrogen-bond donors (Lipinski definition) is 1. The Bertz CT molecular complexity index is 752. The number of benzene rings is 2. The zero-order valence-corrected chi connectivity index (χ0v) is 11.8. The van der Waals surface area contributed by atoms with Gasteiger partial charge in [0.2, 0.25) is 5.82 Å². The normalized spacial score (nSPS) is 10.7. The van der Waals surface area contributed by atoms with Crippen molar-refractivity contribution in [2.75, 3.05) is 5.73 Å². The summed E-state index contributed by atoms with van der Waals surface area (Å²) in [5.41, 5.74) is 7.58. The topological polar surface area (TPSA) is 64.9 Å². The standard InChI is InChI=1S/C14H9BrFN3O/c15-10-4-9(5-11(16)7-10)14-18-13(19-20-14)8-2-1-3-12(17)6-8/h1-7H,17H2. The van der Waals surface area contributed by atoms with E-state index in [1.807, 2.05) is 6.07 Å². The molecule has 1 heterocycles. The second-order valence-corrected chi connectivity index (χ2v) is 5.12. The molecule has 20 heavy (non-hydrogen) atoms. The molecule has 100 valence electrons. The van der Waals surface area contributed by atoms with E-state index in [9.17, 15) is 4.39 Å². The van der Waals surface area contributed by atoms with E-state index in [0.29, 0.717) is 21.5 Å². The van der Waals surface area contributed by atoms with E-state index in [1.54, 1.807) is 24.3 Å². The Hall–Kier alpha value is -2.21. The Labute approximate surface area is 122 Å². The summed E-state index contributed by atoms with van der Waals surface area (Å²) in [6, 6.07) is 11.6. The maximum absolute atomic E-state index is 13.4. The number of halogens is 2. The average Bonchev–Trinajstić information content (AvgIpc) is 2.87. The number of anilines is 1. The first kappa shape index (κ1) is 12.8. The number of hydrogen-bond acceptors (Lipinski definition) is 4. The van der Waals surface area contributed by atoms with Crippen LogP contribution in [0.5, 0.6) is 0 Å². The molecule has 3 rings (SSSR count). The maximum atomic E-state index is 13.4. The third kappa shape index (κ3) is 2.55. The highest BCUT2D eigenvalue weighted by Crippen LogP contribution is 2.26. The molecule has 0 spiro atoms. The van der Waals surface area contributed by atoms with Crippen molar-refractivity contribution in [2.45, 2.75) is 0 Å². The Morgan fingerprint density at radius 2 is 1.95 bits per heavy atom. The van der Waals surface area contributed by atoms with Crippen LogP contribution in [0.1, 0.15) is 0 Å². The van der Waals surface area contributed by atoms with Crippen molar-refractivity contribution >= 4 is 21.6 Å². The summed E-state index contributed by atoms with van der Waals surface area (Å²) in [6.45, 7) is 0. The zero-order valence-electron chi connectivity index (χ0n) is 10.2. The van der Waals surface area contributed by atoms with Gasteiger partial charge in [-0.1, -0.05) is 33.2 Å². The fraction of sp³-hybridized carbons (Fsp3) is 0. The fourth-order valence-corrected chi connectivity index (χ4v) is 2.28. The van der Waals surface area contributed by atoms with Crippen molar-refractivity contribution in [3.05, 3.63) is 52.8 Å². The van der Waals surface area contributed by atoms with Crippen molar-refractivity contribution in [3.63, 3.8) is 0 Å². The van der Waals surface area contributed by atoms with Crippen LogP contribution in [0.25, 0.3) is 22.8 Å². The van der Waals surface area contributed by atoms with E-state index in [2.05, 4.69) is 26.1 Å². The number of rotatable bonds is 2. The van der Waals surface area contributed by atoms with Crippen molar-refractivity contribution in [1.82, 2.24) is 10.1 Å². The van der Waals surface area contributed by atoms with Crippen molar-refractivity contribution in [1.29, 1.82) is 0 Å². The summed E-state index contributed by atoms with van der Waals surface area (Å²) in [5, 5.41) is 3.88. The Morgan fingerprint density at radius 3 is 2.70 bits per heavy atom. The van der Waals surface area contributed by atoms with Gasteiger partial charge < -0.3 is 10.3 Å². The second kappa shape index (κ2) is 5.05. The smallest absolute Gasteiger partial charge is 0.258 e. The first-order valence-corrected chi connectivity index (χ1v) is 6.57. The highest BCUT2D eigenvalue weighted by atomic mass is 79.9. The molecule has 0 atom stereocenters. The lowest BCUT2D eigenvalue weighted by atomic mass is 10.2. The van der Waals surface area contributed by atoms with E-state index < -0.39 is 0 Å². The molecule has 0 bridgehead atoms. The van der Waals surface area contributed by atoms with Gasteiger partial charge in [0.15, 0.2) is 0 Å². The average molecular weight is 334 g/mol. The number of nitrogens with zero attached hydrogens (tertiary/aromatic N) is 2. The molecule has 0 aliphatic heterocycles. The second-order valence-electron chi connectivity index (χ2n) is 4.21. The molecule has 2 N–H and O–H groups in total. The zero-order chi connectivity index (χ0) is 14.1. The lowest BCUT2D eigenvalue weighted by molar-refractivity contribution is 0.432. The highest BCUT2D eigenvalue weighted by molar-refractivity contribution is 9.10. The van der Waals surface area contributed by atoms with Crippen LogP contribution in [0.3, 0.4) is 0 Å². The first-order chi connectivity index (χ1) is 9.61. The van der Waals surface area contributed by atoms with Gasteiger partial charge in [0.05, 0.1) is 0 Å². The summed E-state index contributed by atoms with van der Waals surface area (Å²) in [4.78, 5) is 4.25. The van der Waals surface area contributed by atoms with Gasteiger partial charge >= 0.3 is 0 Å². The largest absolute Gasteiger partial charge is 0.399 e. The van der Waals surface area contributed by atoms with E-state index in [-0.39, 0.29) is 11.7 Å². The van der Waals surface area contributed by atoms with Crippen molar-refractivity contribution in [3.8, 4) is 22.8 Å². The SMILES string of the molecule is Nc1cccc(-c2noc(-c3cc(F)cc(Br)c3)n2)c1. The molecular formula is C14H9BrFN3O. The van der Waals surface area contributed by atoms with Crippen LogP contribution in [0.4, 0.5) is 10.1 Å². The van der Waals surface area contributed by atoms with Gasteiger partial charge in [0.1, 0.15) is 5.82 Å². The lowest BCUT2D eigenvalue weighted by Crippen LogP contribution is -1.86. The van der Waals surface area contributed by atoms with Crippen LogP contribution in [0.2, 0.25) is 0 Å². The molecule has 6 heteroatoms. The Balaban J connectivity index is 2.02. The third-order valence-corrected chi connectivity index (χ3v) is 3.14. The molecule has 2 aromatic carbocycles. The fourth-order valence-electron chi connectivity index (χ4n) is 1.81. The molecule has 0 aliphatic rings. The van der Waals surface area contributed by atoms with Gasteiger partial charge in [-0.3, -0.25) is 0 Å². The van der Waals surface area contributed by atoms with Gasteiger partial charge in [-0.2, -0.15) is 4.98 Å². The number of nitrogen functional groups attached to an aromatic ring is 1. The molecule has 0 radical (unpaired) electrons. The van der Waals surface area contributed by atoms with E-state index >= 15 is 0 Å². The van der Waals surface area contributed by atoms with Crippen molar-refractivity contribution < 1.29 is 8.91 Å². The Morgan fingerprint density at radius 1 is 1.10 bits per heavy atom. The molecule has 0 unspecified atom stereocenters. The van der Waals surface area contributed by atoms with Crippen LogP contribution < -0.4 is 5.73 Å². The van der Waals surface area contributed by atoms with Gasteiger partial charge in [-0.15, -0.1) is 0 Å². The lowest BCUT2D eigenvalue weighted by Gasteiger charge is -1.97. The van der Waals surface area contributed by atoms with E-state index in [1.165, 1.54) is 12.1 Å². The van der Waals surface area contributed by atoms with Gasteiger partial charge in [0, 0.05) is 21.3 Å². The van der Waals surface area contributed by atoms with E-state index in [0.717, 1.165) is 5.56 Å². The molecular weight excluding hydrogens is 325 g/mol. The maximum Gasteiger partial charge on any atom is 0.258 e. The summed E-state index contributed by atoms with van der Waals surface area (Å²) in [7, 11) is 0.